The number of nitrogens with zero attached hydrogens (tertiary/aromatic N) is 1. The maximum absolute atomic E-state index is 12.9. The first kappa shape index (κ1) is 15.6. The Balaban J connectivity index is 1.80. The number of carbonyl (C=O) groups excluding carboxylic acids is 1. The van der Waals surface area contributed by atoms with Crippen molar-refractivity contribution in [1.29, 1.82) is 0 Å². The number of methoxy groups -OCH3 is 1. The molecule has 23 heavy (non-hydrogen) atoms. The van der Waals surface area contributed by atoms with Crippen molar-refractivity contribution in [2.45, 2.75) is 44.6 Å². The van der Waals surface area contributed by atoms with Crippen LogP contribution in [0, 0.1) is 6.92 Å². The highest BCUT2D eigenvalue weighted by Crippen LogP contribution is 2.42. The molecule has 1 amide bonds. The third-order valence-electron chi connectivity index (χ3n) is 4.61. The zero-order valence-electron chi connectivity index (χ0n) is 13.6. The van der Waals surface area contributed by atoms with Gasteiger partial charge < -0.3 is 14.6 Å². The Morgan fingerprint density at radius 2 is 2.13 bits per heavy atom. The summed E-state index contributed by atoms with van der Waals surface area (Å²) in [6.07, 6.45) is 3.85. The molecule has 1 heterocycles. The molecule has 0 atom stereocenters. The molecule has 0 unspecified atom stereocenters. The smallest absolute Gasteiger partial charge is 0.231 e. The Kier molecular flexibility index (Phi) is 4.37. The highest BCUT2D eigenvalue weighted by atomic mass is 16.5. The molecule has 5 heteroatoms. The second kappa shape index (κ2) is 6.44. The summed E-state index contributed by atoms with van der Waals surface area (Å²) in [5.41, 5.74) is 1.38. The lowest BCUT2D eigenvalue weighted by Crippen LogP contribution is -2.42. The summed E-state index contributed by atoms with van der Waals surface area (Å²) in [5.74, 6) is 1.51. The van der Waals surface area contributed by atoms with Crippen LogP contribution in [0.4, 0.5) is 0 Å². The van der Waals surface area contributed by atoms with Gasteiger partial charge in [-0.15, -0.1) is 0 Å². The van der Waals surface area contributed by atoms with E-state index in [0.29, 0.717) is 12.3 Å². The SMILES string of the molecule is COc1cccc(C2(C(=O)NCc3cc(C)no3)CCCC2)c1. The standard InChI is InChI=1S/C18H22N2O3/c1-13-10-16(23-20-13)12-19-17(21)18(8-3-4-9-18)14-6-5-7-15(11-14)22-2/h5-7,10-11H,3-4,8-9,12H2,1-2H3,(H,19,21). The van der Waals surface area contributed by atoms with E-state index < -0.39 is 5.41 Å². The minimum absolute atomic E-state index is 0.0531. The van der Waals surface area contributed by atoms with Crippen LogP contribution in [-0.4, -0.2) is 18.2 Å². The van der Waals surface area contributed by atoms with Crippen molar-refractivity contribution >= 4 is 5.91 Å². The average Bonchev–Trinajstić information content (AvgIpc) is 3.22. The number of rotatable bonds is 5. The molecule has 2 aromatic rings. The molecule has 0 saturated heterocycles. The summed E-state index contributed by atoms with van der Waals surface area (Å²) in [7, 11) is 1.65. The molecular weight excluding hydrogens is 292 g/mol. The fraction of sp³-hybridized carbons (Fsp3) is 0.444. The van der Waals surface area contributed by atoms with Crippen LogP contribution >= 0.6 is 0 Å². The van der Waals surface area contributed by atoms with Gasteiger partial charge in [0.25, 0.3) is 0 Å². The second-order valence-electron chi connectivity index (χ2n) is 6.14. The van der Waals surface area contributed by atoms with Gasteiger partial charge in [0.15, 0.2) is 5.76 Å². The van der Waals surface area contributed by atoms with Crippen molar-refractivity contribution in [3.63, 3.8) is 0 Å². The summed E-state index contributed by atoms with van der Waals surface area (Å²) in [4.78, 5) is 12.9. The van der Waals surface area contributed by atoms with Gasteiger partial charge in [0, 0.05) is 6.07 Å². The van der Waals surface area contributed by atoms with Crippen LogP contribution in [0.15, 0.2) is 34.9 Å². The van der Waals surface area contributed by atoms with Gasteiger partial charge in [-0.3, -0.25) is 4.79 Å². The van der Waals surface area contributed by atoms with Crippen LogP contribution in [0.25, 0.3) is 0 Å². The van der Waals surface area contributed by atoms with Gasteiger partial charge >= 0.3 is 0 Å². The van der Waals surface area contributed by atoms with Gasteiger partial charge in [-0.05, 0) is 37.5 Å². The monoisotopic (exact) mass is 314 g/mol. The van der Waals surface area contributed by atoms with Crippen molar-refractivity contribution in [1.82, 2.24) is 10.5 Å². The van der Waals surface area contributed by atoms with Gasteiger partial charge in [0.1, 0.15) is 5.75 Å². The predicted molar refractivity (Wildman–Crippen MR) is 86.2 cm³/mol. The molecule has 1 N–H and O–H groups in total. The number of benzene rings is 1. The largest absolute Gasteiger partial charge is 0.497 e. The third-order valence-corrected chi connectivity index (χ3v) is 4.61. The first-order valence-electron chi connectivity index (χ1n) is 7.99. The van der Waals surface area contributed by atoms with Gasteiger partial charge in [0.2, 0.25) is 5.91 Å². The summed E-state index contributed by atoms with van der Waals surface area (Å²) >= 11 is 0. The molecule has 1 aliphatic carbocycles. The number of aryl methyl sites for hydroxylation is 1. The van der Waals surface area contributed by atoms with Gasteiger partial charge in [-0.1, -0.05) is 30.1 Å². The lowest BCUT2D eigenvalue weighted by Gasteiger charge is -2.28. The predicted octanol–water partition coefficient (Wildman–Crippen LogP) is 3.12. The fourth-order valence-corrected chi connectivity index (χ4v) is 3.38. The van der Waals surface area contributed by atoms with E-state index in [2.05, 4.69) is 10.5 Å². The van der Waals surface area contributed by atoms with Crippen molar-refractivity contribution < 1.29 is 14.1 Å². The molecule has 3 rings (SSSR count). The lowest BCUT2D eigenvalue weighted by atomic mass is 9.78. The molecule has 1 aliphatic rings. The topological polar surface area (TPSA) is 64.4 Å². The quantitative estimate of drug-likeness (QED) is 0.921. The van der Waals surface area contributed by atoms with Gasteiger partial charge in [-0.25, -0.2) is 0 Å². The van der Waals surface area contributed by atoms with Crippen molar-refractivity contribution in [2.24, 2.45) is 0 Å². The number of hydrogen-bond acceptors (Lipinski definition) is 4. The van der Waals surface area contributed by atoms with Crippen LogP contribution in [0.1, 0.15) is 42.7 Å². The maximum atomic E-state index is 12.9. The minimum atomic E-state index is -0.469. The zero-order valence-corrected chi connectivity index (χ0v) is 13.6. The molecule has 5 nitrogen and oxygen atoms in total. The van der Waals surface area contributed by atoms with Crippen molar-refractivity contribution in [3.05, 3.63) is 47.3 Å². The fourth-order valence-electron chi connectivity index (χ4n) is 3.38. The Morgan fingerprint density at radius 1 is 1.35 bits per heavy atom. The van der Waals surface area contributed by atoms with Crippen molar-refractivity contribution in [2.75, 3.05) is 7.11 Å². The Morgan fingerprint density at radius 3 is 2.78 bits per heavy atom. The first-order valence-corrected chi connectivity index (χ1v) is 7.99. The molecular formula is C18H22N2O3. The lowest BCUT2D eigenvalue weighted by molar-refractivity contribution is -0.126. The molecule has 1 saturated carbocycles. The number of hydrogen-bond donors (Lipinski definition) is 1. The normalized spacial score (nSPS) is 16.3. The van der Waals surface area contributed by atoms with E-state index in [-0.39, 0.29) is 5.91 Å². The van der Waals surface area contributed by atoms with E-state index >= 15 is 0 Å². The van der Waals surface area contributed by atoms with E-state index in [1.807, 2.05) is 37.3 Å². The molecule has 1 aromatic carbocycles. The summed E-state index contributed by atoms with van der Waals surface area (Å²) in [5, 5.41) is 6.86. The molecule has 0 spiro atoms. The van der Waals surface area contributed by atoms with Crippen LogP contribution in [0.2, 0.25) is 0 Å². The molecule has 0 aliphatic heterocycles. The van der Waals surface area contributed by atoms with Gasteiger partial charge in [-0.2, -0.15) is 0 Å². The van der Waals surface area contributed by atoms with Crippen LogP contribution in [-0.2, 0) is 16.8 Å². The maximum Gasteiger partial charge on any atom is 0.231 e. The van der Waals surface area contributed by atoms with Crippen LogP contribution < -0.4 is 10.1 Å². The van der Waals surface area contributed by atoms with Crippen LogP contribution in [0.5, 0.6) is 5.75 Å². The Labute approximate surface area is 136 Å². The van der Waals surface area contributed by atoms with E-state index in [0.717, 1.165) is 42.7 Å². The second-order valence-corrected chi connectivity index (χ2v) is 6.14. The molecule has 122 valence electrons. The molecule has 1 aromatic heterocycles. The van der Waals surface area contributed by atoms with Crippen molar-refractivity contribution in [3.8, 4) is 5.75 Å². The van der Waals surface area contributed by atoms with Crippen LogP contribution in [0.3, 0.4) is 0 Å². The van der Waals surface area contributed by atoms with E-state index in [9.17, 15) is 4.79 Å². The molecule has 1 fully saturated rings. The minimum Gasteiger partial charge on any atom is -0.497 e. The van der Waals surface area contributed by atoms with E-state index in [4.69, 9.17) is 9.26 Å². The molecule has 0 radical (unpaired) electrons. The first-order chi connectivity index (χ1) is 11.1. The Hall–Kier alpha value is -2.30. The number of amides is 1. The highest BCUT2D eigenvalue weighted by Gasteiger charge is 2.42. The summed E-state index contributed by atoms with van der Waals surface area (Å²) in [6.45, 7) is 2.23. The number of ether oxygens (including phenoxy) is 1. The number of aromatic nitrogens is 1. The summed E-state index contributed by atoms with van der Waals surface area (Å²) < 4.78 is 10.5. The van der Waals surface area contributed by atoms with Gasteiger partial charge in [0.05, 0.1) is 24.8 Å². The highest BCUT2D eigenvalue weighted by molar-refractivity contribution is 5.88. The number of nitrogens with one attached hydrogen (secondary N) is 1. The number of carbonyl (C=O) groups is 1. The van der Waals surface area contributed by atoms with E-state index in [1.54, 1.807) is 7.11 Å². The summed E-state index contributed by atoms with van der Waals surface area (Å²) in [6, 6.07) is 9.69. The third kappa shape index (κ3) is 3.09. The van der Waals surface area contributed by atoms with E-state index in [1.165, 1.54) is 0 Å². The zero-order chi connectivity index (χ0) is 16.3. The average molecular weight is 314 g/mol. The molecule has 0 bridgehead atoms. The Bertz CT molecular complexity index is 687.